The van der Waals surface area contributed by atoms with Crippen molar-refractivity contribution < 1.29 is 9.59 Å². The minimum absolute atomic E-state index is 0.114. The summed E-state index contributed by atoms with van der Waals surface area (Å²) in [6.45, 7) is 0. The van der Waals surface area contributed by atoms with E-state index in [0.29, 0.717) is 11.1 Å². The number of ketones is 2. The fourth-order valence-corrected chi connectivity index (χ4v) is 1.73. The Morgan fingerprint density at radius 2 is 1.78 bits per heavy atom. The highest BCUT2D eigenvalue weighted by atomic mass is 16.2. The maximum absolute atomic E-state index is 12.0. The summed E-state index contributed by atoms with van der Waals surface area (Å²) in [6, 6.07) is 9.69. The Bertz CT molecular complexity index is 571. The molecule has 0 radical (unpaired) electrons. The van der Waals surface area contributed by atoms with E-state index in [4.69, 9.17) is 10.5 Å². The van der Waals surface area contributed by atoms with E-state index in [1.165, 1.54) is 24.3 Å². The van der Waals surface area contributed by atoms with Crippen LogP contribution in [0.15, 0.2) is 24.3 Å². The van der Waals surface area contributed by atoms with Gasteiger partial charge in [-0.25, -0.2) is 0 Å². The SMILES string of the molecule is N#Cc1ccc(C(=O)C(C#N)C(=O)C2CC2)cc1. The molecule has 1 fully saturated rings. The normalized spacial score (nSPS) is 15.2. The van der Waals surface area contributed by atoms with Crippen LogP contribution in [0.25, 0.3) is 0 Å². The van der Waals surface area contributed by atoms with Gasteiger partial charge in [-0.05, 0) is 25.0 Å². The van der Waals surface area contributed by atoms with E-state index in [0.717, 1.165) is 12.8 Å². The number of Topliss-reactive ketones (excluding diaryl/α,β-unsaturated/α-hetero) is 2. The highest BCUT2D eigenvalue weighted by Gasteiger charge is 2.38. The van der Waals surface area contributed by atoms with Gasteiger partial charge in [0.05, 0.1) is 17.7 Å². The van der Waals surface area contributed by atoms with Crippen molar-refractivity contribution in [3.05, 3.63) is 35.4 Å². The number of nitriles is 2. The van der Waals surface area contributed by atoms with Crippen molar-refractivity contribution in [1.82, 2.24) is 0 Å². The summed E-state index contributed by atoms with van der Waals surface area (Å²) in [6.07, 6.45) is 1.55. The standard InChI is InChI=1S/C14H10N2O2/c15-7-9-1-3-10(4-2-9)13(17)12(8-16)14(18)11-5-6-11/h1-4,11-12H,5-6H2. The molecular formula is C14H10N2O2. The average molecular weight is 238 g/mol. The zero-order valence-corrected chi connectivity index (χ0v) is 9.59. The predicted molar refractivity (Wildman–Crippen MR) is 62.3 cm³/mol. The maximum atomic E-state index is 12.0. The van der Waals surface area contributed by atoms with Crippen LogP contribution in [0.1, 0.15) is 28.8 Å². The van der Waals surface area contributed by atoms with Gasteiger partial charge in [-0.15, -0.1) is 0 Å². The third-order valence-corrected chi connectivity index (χ3v) is 2.95. The van der Waals surface area contributed by atoms with Crippen LogP contribution < -0.4 is 0 Å². The zero-order chi connectivity index (χ0) is 13.1. The summed E-state index contributed by atoms with van der Waals surface area (Å²) in [5.41, 5.74) is 0.739. The Labute approximate surface area is 104 Å². The number of benzene rings is 1. The summed E-state index contributed by atoms with van der Waals surface area (Å²) in [4.78, 5) is 23.8. The van der Waals surface area contributed by atoms with Gasteiger partial charge in [-0.3, -0.25) is 9.59 Å². The molecular weight excluding hydrogens is 228 g/mol. The first-order valence-electron chi connectivity index (χ1n) is 5.65. The fourth-order valence-electron chi connectivity index (χ4n) is 1.73. The van der Waals surface area contributed by atoms with E-state index in [1.54, 1.807) is 6.07 Å². The molecule has 0 N–H and O–H groups in total. The molecule has 1 aromatic rings. The molecule has 0 bridgehead atoms. The van der Waals surface area contributed by atoms with Gasteiger partial charge in [0.25, 0.3) is 0 Å². The van der Waals surface area contributed by atoms with Crippen LogP contribution in [-0.4, -0.2) is 11.6 Å². The Kier molecular flexibility index (Phi) is 3.21. The lowest BCUT2D eigenvalue weighted by Gasteiger charge is -2.06. The highest BCUT2D eigenvalue weighted by molar-refractivity contribution is 6.13. The molecule has 0 spiro atoms. The van der Waals surface area contributed by atoms with E-state index < -0.39 is 11.7 Å². The van der Waals surface area contributed by atoms with E-state index in [9.17, 15) is 9.59 Å². The Hall–Kier alpha value is -2.46. The molecule has 4 nitrogen and oxygen atoms in total. The summed E-state index contributed by atoms with van der Waals surface area (Å²) in [5, 5.41) is 17.6. The lowest BCUT2D eigenvalue weighted by atomic mass is 9.92. The third kappa shape index (κ3) is 2.28. The Balaban J connectivity index is 2.21. The van der Waals surface area contributed by atoms with Crippen LogP contribution in [0.4, 0.5) is 0 Å². The van der Waals surface area contributed by atoms with Crippen LogP contribution >= 0.6 is 0 Å². The van der Waals surface area contributed by atoms with Gasteiger partial charge in [0, 0.05) is 11.5 Å². The summed E-state index contributed by atoms with van der Waals surface area (Å²) >= 11 is 0. The molecule has 0 aliphatic heterocycles. The van der Waals surface area contributed by atoms with Crippen LogP contribution in [-0.2, 0) is 4.79 Å². The molecule has 1 aliphatic rings. The molecule has 88 valence electrons. The van der Waals surface area contributed by atoms with Crippen molar-refractivity contribution in [1.29, 1.82) is 10.5 Å². The van der Waals surface area contributed by atoms with E-state index in [2.05, 4.69) is 0 Å². The minimum Gasteiger partial charge on any atom is -0.297 e. The van der Waals surface area contributed by atoms with Gasteiger partial charge in [0.1, 0.15) is 0 Å². The van der Waals surface area contributed by atoms with Crippen molar-refractivity contribution in [2.24, 2.45) is 11.8 Å². The number of hydrogen-bond acceptors (Lipinski definition) is 4. The topological polar surface area (TPSA) is 81.7 Å². The van der Waals surface area contributed by atoms with Gasteiger partial charge < -0.3 is 0 Å². The first kappa shape index (κ1) is 12.0. The molecule has 1 atom stereocenters. The third-order valence-electron chi connectivity index (χ3n) is 2.95. The summed E-state index contributed by atoms with van der Waals surface area (Å²) in [7, 11) is 0. The largest absolute Gasteiger partial charge is 0.297 e. The molecule has 18 heavy (non-hydrogen) atoms. The van der Waals surface area contributed by atoms with E-state index >= 15 is 0 Å². The Morgan fingerprint density at radius 1 is 1.17 bits per heavy atom. The molecule has 4 heteroatoms. The molecule has 1 unspecified atom stereocenters. The predicted octanol–water partition coefficient (Wildman–Crippen LogP) is 1.86. The van der Waals surface area contributed by atoms with Crippen molar-refractivity contribution in [2.45, 2.75) is 12.8 Å². The van der Waals surface area contributed by atoms with Crippen LogP contribution in [0, 0.1) is 34.5 Å². The van der Waals surface area contributed by atoms with Gasteiger partial charge >= 0.3 is 0 Å². The fraction of sp³-hybridized carbons (Fsp3) is 0.286. The van der Waals surface area contributed by atoms with Crippen LogP contribution in [0.3, 0.4) is 0 Å². The molecule has 0 heterocycles. The Morgan fingerprint density at radius 3 is 2.22 bits per heavy atom. The van der Waals surface area contributed by atoms with Crippen molar-refractivity contribution in [3.63, 3.8) is 0 Å². The van der Waals surface area contributed by atoms with Crippen molar-refractivity contribution in [2.75, 3.05) is 0 Å². The molecule has 0 saturated heterocycles. The molecule has 0 amide bonds. The summed E-state index contributed by atoms with van der Waals surface area (Å²) < 4.78 is 0. The van der Waals surface area contributed by atoms with E-state index in [1.807, 2.05) is 6.07 Å². The average Bonchev–Trinajstić information content (AvgIpc) is 3.23. The first-order chi connectivity index (χ1) is 8.67. The molecule has 2 rings (SSSR count). The van der Waals surface area contributed by atoms with Gasteiger partial charge in [-0.1, -0.05) is 12.1 Å². The number of carbonyl (C=O) groups is 2. The zero-order valence-electron chi connectivity index (χ0n) is 9.59. The van der Waals surface area contributed by atoms with E-state index in [-0.39, 0.29) is 11.7 Å². The van der Waals surface area contributed by atoms with Gasteiger partial charge in [0.15, 0.2) is 17.5 Å². The molecule has 1 aromatic carbocycles. The van der Waals surface area contributed by atoms with Crippen LogP contribution in [0.5, 0.6) is 0 Å². The number of hydrogen-bond donors (Lipinski definition) is 0. The molecule has 1 aliphatic carbocycles. The second kappa shape index (κ2) is 4.81. The number of rotatable bonds is 4. The number of carbonyl (C=O) groups excluding carboxylic acids is 2. The quantitative estimate of drug-likeness (QED) is 0.592. The maximum Gasteiger partial charge on any atom is 0.187 e. The van der Waals surface area contributed by atoms with Crippen molar-refractivity contribution in [3.8, 4) is 12.1 Å². The lowest BCUT2D eigenvalue weighted by Crippen LogP contribution is -2.24. The summed E-state index contributed by atoms with van der Waals surface area (Å²) in [5.74, 6) is -2.06. The first-order valence-corrected chi connectivity index (χ1v) is 5.65. The monoisotopic (exact) mass is 238 g/mol. The van der Waals surface area contributed by atoms with Gasteiger partial charge in [-0.2, -0.15) is 10.5 Å². The second-order valence-electron chi connectivity index (χ2n) is 4.29. The van der Waals surface area contributed by atoms with Gasteiger partial charge in [0.2, 0.25) is 0 Å². The smallest absolute Gasteiger partial charge is 0.187 e. The minimum atomic E-state index is -1.20. The lowest BCUT2D eigenvalue weighted by molar-refractivity contribution is -0.121. The molecule has 1 saturated carbocycles. The highest BCUT2D eigenvalue weighted by Crippen LogP contribution is 2.33. The van der Waals surface area contributed by atoms with Crippen molar-refractivity contribution >= 4 is 11.6 Å². The van der Waals surface area contributed by atoms with Crippen LogP contribution in [0.2, 0.25) is 0 Å². The second-order valence-corrected chi connectivity index (χ2v) is 4.29. The number of nitrogens with zero attached hydrogens (tertiary/aromatic N) is 2. The molecule has 0 aromatic heterocycles.